The zero-order valence-corrected chi connectivity index (χ0v) is 20.2. The summed E-state index contributed by atoms with van der Waals surface area (Å²) in [6.45, 7) is 9.62. The zero-order chi connectivity index (χ0) is 23.7. The molecule has 2 aromatic rings. The van der Waals surface area contributed by atoms with Gasteiger partial charge in [0.25, 0.3) is 11.8 Å². The van der Waals surface area contributed by atoms with E-state index in [1.54, 1.807) is 30.3 Å². The molecule has 1 atom stereocenters. The highest BCUT2D eigenvalue weighted by Crippen LogP contribution is 2.36. The standard InChI is InChI=1S/C24H28BrN3O4/c1-6-11-32-22-19(25)12-17(13-20(22)31-5)14-26-28-24(30)21(15(2)3)27-23(29)18-9-7-16(4)8-10-18/h6-10,12-15,21H,1,11H2,2-5H3,(H,27,29)(H,28,30). The van der Waals surface area contributed by atoms with Crippen LogP contribution in [0.2, 0.25) is 0 Å². The van der Waals surface area contributed by atoms with Crippen molar-refractivity contribution >= 4 is 34.0 Å². The predicted molar refractivity (Wildman–Crippen MR) is 129 cm³/mol. The van der Waals surface area contributed by atoms with E-state index in [0.717, 1.165) is 5.56 Å². The van der Waals surface area contributed by atoms with Crippen molar-refractivity contribution in [2.45, 2.75) is 26.8 Å². The summed E-state index contributed by atoms with van der Waals surface area (Å²) in [4.78, 5) is 25.2. The maximum Gasteiger partial charge on any atom is 0.262 e. The number of rotatable bonds is 10. The molecule has 170 valence electrons. The van der Waals surface area contributed by atoms with Crippen LogP contribution in [0.15, 0.2) is 58.6 Å². The number of amides is 2. The van der Waals surface area contributed by atoms with Crippen LogP contribution in [0.5, 0.6) is 11.5 Å². The van der Waals surface area contributed by atoms with E-state index in [0.29, 0.717) is 33.7 Å². The number of methoxy groups -OCH3 is 1. The van der Waals surface area contributed by atoms with Gasteiger partial charge < -0.3 is 14.8 Å². The van der Waals surface area contributed by atoms with Gasteiger partial charge in [0.15, 0.2) is 11.5 Å². The monoisotopic (exact) mass is 501 g/mol. The Labute approximate surface area is 197 Å². The molecule has 1 unspecified atom stereocenters. The molecule has 0 aliphatic heterocycles. The summed E-state index contributed by atoms with van der Waals surface area (Å²) in [5, 5.41) is 6.81. The average Bonchev–Trinajstić information content (AvgIpc) is 2.76. The van der Waals surface area contributed by atoms with Crippen LogP contribution in [0, 0.1) is 12.8 Å². The lowest BCUT2D eigenvalue weighted by Gasteiger charge is -2.20. The van der Waals surface area contributed by atoms with Crippen molar-refractivity contribution in [1.82, 2.24) is 10.7 Å². The minimum Gasteiger partial charge on any atom is -0.493 e. The molecule has 32 heavy (non-hydrogen) atoms. The van der Waals surface area contributed by atoms with Crippen molar-refractivity contribution < 1.29 is 19.1 Å². The minimum atomic E-state index is -0.739. The quantitative estimate of drug-likeness (QED) is 0.289. The Balaban J connectivity index is 2.07. The van der Waals surface area contributed by atoms with E-state index in [4.69, 9.17) is 9.47 Å². The second-order valence-corrected chi connectivity index (χ2v) is 8.28. The number of ether oxygens (including phenoxy) is 2. The summed E-state index contributed by atoms with van der Waals surface area (Å²) in [5.74, 6) is 0.210. The molecular formula is C24H28BrN3O4. The Bertz CT molecular complexity index is 987. The maximum atomic E-state index is 12.7. The third-order valence-corrected chi connectivity index (χ3v) is 5.12. The molecule has 0 heterocycles. The van der Waals surface area contributed by atoms with E-state index < -0.39 is 11.9 Å². The molecule has 0 aromatic heterocycles. The lowest BCUT2D eigenvalue weighted by molar-refractivity contribution is -0.123. The molecule has 0 bridgehead atoms. The summed E-state index contributed by atoms with van der Waals surface area (Å²) in [6, 6.07) is 9.94. The third kappa shape index (κ3) is 6.95. The van der Waals surface area contributed by atoms with Gasteiger partial charge in [-0.05, 0) is 58.6 Å². The number of benzene rings is 2. The number of hydrogen-bond donors (Lipinski definition) is 2. The second kappa shape index (κ2) is 12.0. The molecule has 0 saturated heterocycles. The lowest BCUT2D eigenvalue weighted by atomic mass is 10.0. The summed E-state index contributed by atoms with van der Waals surface area (Å²) >= 11 is 3.45. The first-order valence-corrected chi connectivity index (χ1v) is 10.9. The van der Waals surface area contributed by atoms with Gasteiger partial charge in [-0.25, -0.2) is 5.43 Å². The molecule has 2 N–H and O–H groups in total. The molecule has 0 aliphatic rings. The Morgan fingerprint density at radius 3 is 2.50 bits per heavy atom. The van der Waals surface area contributed by atoms with Gasteiger partial charge in [-0.15, -0.1) is 0 Å². The van der Waals surface area contributed by atoms with Crippen LogP contribution in [0.4, 0.5) is 0 Å². The lowest BCUT2D eigenvalue weighted by Crippen LogP contribution is -2.48. The first-order valence-electron chi connectivity index (χ1n) is 10.1. The van der Waals surface area contributed by atoms with Gasteiger partial charge in [-0.1, -0.05) is 44.2 Å². The molecule has 2 amide bonds. The SMILES string of the molecule is C=CCOc1c(Br)cc(C=NNC(=O)C(NC(=O)c2ccc(C)cc2)C(C)C)cc1OC. The van der Waals surface area contributed by atoms with Crippen LogP contribution in [-0.2, 0) is 4.79 Å². The fourth-order valence-corrected chi connectivity index (χ4v) is 3.38. The number of hydrazone groups is 1. The van der Waals surface area contributed by atoms with Gasteiger partial charge >= 0.3 is 0 Å². The predicted octanol–water partition coefficient (Wildman–Crippen LogP) is 4.24. The van der Waals surface area contributed by atoms with Crippen molar-refractivity contribution in [3.8, 4) is 11.5 Å². The number of hydrogen-bond acceptors (Lipinski definition) is 5. The highest BCUT2D eigenvalue weighted by atomic mass is 79.9. The van der Waals surface area contributed by atoms with E-state index in [9.17, 15) is 9.59 Å². The summed E-state index contributed by atoms with van der Waals surface area (Å²) in [7, 11) is 1.54. The van der Waals surface area contributed by atoms with Gasteiger partial charge in [0.05, 0.1) is 17.8 Å². The fraction of sp³-hybridized carbons (Fsp3) is 0.292. The number of halogens is 1. The number of aryl methyl sites for hydroxylation is 1. The van der Waals surface area contributed by atoms with Crippen molar-refractivity contribution in [1.29, 1.82) is 0 Å². The molecule has 7 nitrogen and oxygen atoms in total. The highest BCUT2D eigenvalue weighted by Gasteiger charge is 2.24. The topological polar surface area (TPSA) is 89.0 Å². The Morgan fingerprint density at radius 2 is 1.91 bits per heavy atom. The molecule has 0 aliphatic carbocycles. The number of carbonyl (C=O) groups is 2. The molecule has 8 heteroatoms. The first kappa shape index (κ1) is 25.1. The Hall–Kier alpha value is -3.13. The van der Waals surface area contributed by atoms with E-state index in [1.807, 2.05) is 32.9 Å². The normalized spacial score (nSPS) is 11.8. The van der Waals surface area contributed by atoms with Crippen LogP contribution in [0.1, 0.15) is 35.3 Å². The molecule has 0 saturated carbocycles. The molecule has 0 radical (unpaired) electrons. The Morgan fingerprint density at radius 1 is 1.22 bits per heavy atom. The van der Waals surface area contributed by atoms with Gasteiger partial charge in [0, 0.05) is 5.56 Å². The molecule has 2 aromatic carbocycles. The van der Waals surface area contributed by atoms with E-state index in [1.165, 1.54) is 13.3 Å². The molecular weight excluding hydrogens is 474 g/mol. The number of carbonyl (C=O) groups excluding carboxylic acids is 2. The van der Waals surface area contributed by atoms with Gasteiger partial charge in [-0.3, -0.25) is 9.59 Å². The first-order chi connectivity index (χ1) is 15.3. The number of nitrogens with zero attached hydrogens (tertiary/aromatic N) is 1. The highest BCUT2D eigenvalue weighted by molar-refractivity contribution is 9.10. The average molecular weight is 502 g/mol. The molecule has 0 fully saturated rings. The Kier molecular flexibility index (Phi) is 9.46. The largest absolute Gasteiger partial charge is 0.493 e. The maximum absolute atomic E-state index is 12.7. The van der Waals surface area contributed by atoms with Gasteiger partial charge in [-0.2, -0.15) is 5.10 Å². The number of nitrogens with one attached hydrogen (secondary N) is 2. The van der Waals surface area contributed by atoms with E-state index >= 15 is 0 Å². The second-order valence-electron chi connectivity index (χ2n) is 7.43. The van der Waals surface area contributed by atoms with Crippen LogP contribution >= 0.6 is 15.9 Å². The summed E-state index contributed by atoms with van der Waals surface area (Å²) in [5.41, 5.74) is 4.73. The van der Waals surface area contributed by atoms with Crippen molar-refractivity contribution in [2.75, 3.05) is 13.7 Å². The van der Waals surface area contributed by atoms with Crippen LogP contribution in [0.25, 0.3) is 0 Å². The molecule has 2 rings (SSSR count). The van der Waals surface area contributed by atoms with Crippen molar-refractivity contribution in [2.24, 2.45) is 11.0 Å². The molecule has 0 spiro atoms. The van der Waals surface area contributed by atoms with E-state index in [-0.39, 0.29) is 11.8 Å². The third-order valence-electron chi connectivity index (χ3n) is 4.54. The van der Waals surface area contributed by atoms with Crippen LogP contribution < -0.4 is 20.2 Å². The summed E-state index contributed by atoms with van der Waals surface area (Å²) in [6.07, 6.45) is 3.13. The van der Waals surface area contributed by atoms with Crippen molar-refractivity contribution in [3.05, 3.63) is 70.2 Å². The minimum absolute atomic E-state index is 0.130. The summed E-state index contributed by atoms with van der Waals surface area (Å²) < 4.78 is 11.6. The van der Waals surface area contributed by atoms with E-state index in [2.05, 4.69) is 38.4 Å². The van der Waals surface area contributed by atoms with Crippen molar-refractivity contribution in [3.63, 3.8) is 0 Å². The smallest absolute Gasteiger partial charge is 0.262 e. The van der Waals surface area contributed by atoms with Crippen LogP contribution in [-0.4, -0.2) is 37.8 Å². The van der Waals surface area contributed by atoms with Gasteiger partial charge in [0.1, 0.15) is 12.6 Å². The van der Waals surface area contributed by atoms with Gasteiger partial charge in [0.2, 0.25) is 0 Å². The zero-order valence-electron chi connectivity index (χ0n) is 18.6. The fourth-order valence-electron chi connectivity index (χ4n) is 2.80. The van der Waals surface area contributed by atoms with Crippen LogP contribution in [0.3, 0.4) is 0 Å².